The van der Waals surface area contributed by atoms with E-state index in [4.69, 9.17) is 0 Å². The normalized spacial score (nSPS) is 23.9. The molecular weight excluding hydrogens is 420 g/mol. The lowest BCUT2D eigenvalue weighted by molar-refractivity contribution is -0.129. The molecule has 5 nitrogen and oxygen atoms in total. The van der Waals surface area contributed by atoms with Gasteiger partial charge in [-0.3, -0.25) is 4.79 Å². The number of likely N-dealkylation sites (tertiary alicyclic amines) is 1. The van der Waals surface area contributed by atoms with Gasteiger partial charge in [-0.15, -0.1) is 5.10 Å². The van der Waals surface area contributed by atoms with Crippen molar-refractivity contribution in [2.75, 3.05) is 6.54 Å². The highest BCUT2D eigenvalue weighted by atomic mass is 16.2. The molecule has 1 amide bonds. The van der Waals surface area contributed by atoms with Gasteiger partial charge >= 0.3 is 0 Å². The first-order chi connectivity index (χ1) is 16.5. The van der Waals surface area contributed by atoms with E-state index in [0.717, 1.165) is 36.8 Å². The van der Waals surface area contributed by atoms with Gasteiger partial charge in [0.15, 0.2) is 0 Å². The van der Waals surface area contributed by atoms with Crippen molar-refractivity contribution in [1.29, 1.82) is 0 Å². The number of amides is 1. The van der Waals surface area contributed by atoms with E-state index in [9.17, 15) is 4.79 Å². The first-order valence-corrected chi connectivity index (χ1v) is 13.2. The molecule has 6 rings (SSSR count). The van der Waals surface area contributed by atoms with Crippen LogP contribution in [0, 0.1) is 18.8 Å². The van der Waals surface area contributed by atoms with Crippen LogP contribution in [0.3, 0.4) is 0 Å². The van der Waals surface area contributed by atoms with Crippen LogP contribution < -0.4 is 0 Å². The molecule has 0 N–H and O–H groups in total. The van der Waals surface area contributed by atoms with E-state index in [-0.39, 0.29) is 12.0 Å². The monoisotopic (exact) mass is 456 g/mol. The fourth-order valence-electron chi connectivity index (χ4n) is 7.03. The zero-order valence-corrected chi connectivity index (χ0v) is 20.8. The average Bonchev–Trinajstić information content (AvgIpc) is 3.39. The highest BCUT2D eigenvalue weighted by molar-refractivity contribution is 5.80. The van der Waals surface area contributed by atoms with E-state index in [0.29, 0.717) is 17.7 Å². The minimum absolute atomic E-state index is 0.265. The van der Waals surface area contributed by atoms with Crippen molar-refractivity contribution < 1.29 is 4.79 Å². The number of fused-ring (bicyclic) bond motifs is 4. The summed E-state index contributed by atoms with van der Waals surface area (Å²) in [5.41, 5.74) is 8.78. The van der Waals surface area contributed by atoms with Crippen molar-refractivity contribution in [3.63, 3.8) is 0 Å². The van der Waals surface area contributed by atoms with E-state index < -0.39 is 0 Å². The van der Waals surface area contributed by atoms with Crippen LogP contribution in [-0.4, -0.2) is 32.3 Å². The number of carbonyl (C=O) groups is 1. The Labute approximate surface area is 202 Å². The van der Waals surface area contributed by atoms with Crippen molar-refractivity contribution in [3.8, 4) is 0 Å². The Bertz CT molecular complexity index is 1240. The van der Waals surface area contributed by atoms with Crippen LogP contribution in [0.15, 0.2) is 30.3 Å². The van der Waals surface area contributed by atoms with Crippen LogP contribution in [-0.2, 0) is 18.3 Å². The second-order valence-corrected chi connectivity index (χ2v) is 11.0. The Morgan fingerprint density at radius 3 is 2.74 bits per heavy atom. The molecule has 3 aromatic rings. The zero-order chi connectivity index (χ0) is 23.4. The highest BCUT2D eigenvalue weighted by Gasteiger charge is 2.44. The summed E-state index contributed by atoms with van der Waals surface area (Å²) in [6.07, 6.45) is 9.56. The number of rotatable bonds is 4. The maximum Gasteiger partial charge on any atom is 0.223 e. The summed E-state index contributed by atoms with van der Waals surface area (Å²) in [6.45, 7) is 5.42. The predicted molar refractivity (Wildman–Crippen MR) is 135 cm³/mol. The number of carbonyl (C=O) groups excluding carboxylic acids is 1. The van der Waals surface area contributed by atoms with Crippen LogP contribution in [0.5, 0.6) is 0 Å². The smallest absolute Gasteiger partial charge is 0.223 e. The van der Waals surface area contributed by atoms with Crippen molar-refractivity contribution in [3.05, 3.63) is 58.1 Å². The third-order valence-electron chi connectivity index (χ3n) is 9.04. The first-order valence-electron chi connectivity index (χ1n) is 13.2. The molecule has 2 aliphatic carbocycles. The Morgan fingerprint density at radius 2 is 1.91 bits per heavy atom. The molecule has 1 saturated carbocycles. The lowest BCUT2D eigenvalue weighted by Gasteiger charge is -2.37. The van der Waals surface area contributed by atoms with Gasteiger partial charge in [0.1, 0.15) is 5.52 Å². The van der Waals surface area contributed by atoms with Gasteiger partial charge in [0.2, 0.25) is 5.91 Å². The molecule has 0 radical (unpaired) electrons. The van der Waals surface area contributed by atoms with Gasteiger partial charge in [-0.05, 0) is 78.3 Å². The second-order valence-electron chi connectivity index (χ2n) is 11.0. The highest BCUT2D eigenvalue weighted by Crippen LogP contribution is 2.47. The Kier molecular flexibility index (Phi) is 5.46. The molecule has 0 bridgehead atoms. The summed E-state index contributed by atoms with van der Waals surface area (Å²) >= 11 is 0. The van der Waals surface area contributed by atoms with Crippen LogP contribution >= 0.6 is 0 Å². The topological polar surface area (TPSA) is 51.0 Å². The number of aromatic nitrogens is 3. The van der Waals surface area contributed by atoms with E-state index in [1.54, 1.807) is 0 Å². The fraction of sp³-hybridized carbons (Fsp3) is 0.552. The van der Waals surface area contributed by atoms with Crippen molar-refractivity contribution in [2.45, 2.75) is 77.2 Å². The first kappa shape index (κ1) is 21.8. The predicted octanol–water partition coefficient (Wildman–Crippen LogP) is 5.84. The Hall–Kier alpha value is -2.69. The molecule has 34 heavy (non-hydrogen) atoms. The maximum absolute atomic E-state index is 13.1. The number of aryl methyl sites for hydroxylation is 3. The summed E-state index contributed by atoms with van der Waals surface area (Å²) in [4.78, 5) is 15.4. The number of hydrogen-bond donors (Lipinski definition) is 0. The second kappa shape index (κ2) is 8.51. The fourth-order valence-corrected chi connectivity index (χ4v) is 7.03. The van der Waals surface area contributed by atoms with Gasteiger partial charge in [-0.25, -0.2) is 4.68 Å². The van der Waals surface area contributed by atoms with E-state index in [1.807, 2.05) is 11.7 Å². The third-order valence-corrected chi connectivity index (χ3v) is 9.04. The molecule has 1 aliphatic heterocycles. The van der Waals surface area contributed by atoms with Crippen molar-refractivity contribution in [2.24, 2.45) is 18.9 Å². The van der Waals surface area contributed by atoms with E-state index in [1.165, 1.54) is 59.9 Å². The van der Waals surface area contributed by atoms with Gasteiger partial charge in [0, 0.05) is 25.9 Å². The van der Waals surface area contributed by atoms with Gasteiger partial charge in [0.05, 0.1) is 11.6 Å². The molecule has 5 heteroatoms. The molecule has 0 spiro atoms. The molecule has 2 heterocycles. The Morgan fingerprint density at radius 1 is 1.09 bits per heavy atom. The minimum atomic E-state index is 0.265. The molecule has 1 saturated heterocycles. The van der Waals surface area contributed by atoms with E-state index in [2.05, 4.69) is 59.4 Å². The molecule has 3 atom stereocenters. The number of hydrogen-bond acceptors (Lipinski definition) is 3. The quantitative estimate of drug-likeness (QED) is 0.495. The summed E-state index contributed by atoms with van der Waals surface area (Å²) in [7, 11) is 1.94. The zero-order valence-electron chi connectivity index (χ0n) is 20.8. The summed E-state index contributed by atoms with van der Waals surface area (Å²) < 4.78 is 1.84. The number of nitrogens with zero attached hydrogens (tertiary/aromatic N) is 4. The molecule has 2 aromatic carbocycles. The lowest BCUT2D eigenvalue weighted by Crippen LogP contribution is -2.36. The largest absolute Gasteiger partial charge is 0.335 e. The molecule has 1 aromatic heterocycles. The molecule has 3 aliphatic rings. The summed E-state index contributed by atoms with van der Waals surface area (Å²) in [5.74, 6) is 1.81. The third kappa shape index (κ3) is 3.55. The van der Waals surface area contributed by atoms with Crippen LogP contribution in [0.4, 0.5) is 0 Å². The summed E-state index contributed by atoms with van der Waals surface area (Å²) in [6, 6.07) is 11.7. The van der Waals surface area contributed by atoms with Gasteiger partial charge < -0.3 is 4.90 Å². The van der Waals surface area contributed by atoms with Gasteiger partial charge in [-0.1, -0.05) is 55.7 Å². The molecule has 3 unspecified atom stereocenters. The van der Waals surface area contributed by atoms with Gasteiger partial charge in [-0.2, -0.15) is 0 Å². The summed E-state index contributed by atoms with van der Waals surface area (Å²) in [5, 5.41) is 8.63. The van der Waals surface area contributed by atoms with Crippen molar-refractivity contribution >= 4 is 16.9 Å². The van der Waals surface area contributed by atoms with Crippen LogP contribution in [0.25, 0.3) is 11.0 Å². The van der Waals surface area contributed by atoms with E-state index >= 15 is 0 Å². The minimum Gasteiger partial charge on any atom is -0.335 e. The van der Waals surface area contributed by atoms with Crippen LogP contribution in [0.1, 0.15) is 91.6 Å². The molecular formula is C29H36N4O. The SMILES string of the molecule is Cc1c(C(C)c2ccc3c(c2)C2C(CC3)CC(=O)N2CC2CCCCC2)ccc2c1nnn2C. The number of benzene rings is 2. The maximum atomic E-state index is 13.1. The van der Waals surface area contributed by atoms with Gasteiger partial charge in [0.25, 0.3) is 0 Å². The Balaban J connectivity index is 1.34. The lowest BCUT2D eigenvalue weighted by atomic mass is 9.77. The molecule has 178 valence electrons. The molecule has 2 fully saturated rings. The van der Waals surface area contributed by atoms with Crippen LogP contribution in [0.2, 0.25) is 0 Å². The average molecular weight is 457 g/mol. The van der Waals surface area contributed by atoms with Crippen molar-refractivity contribution in [1.82, 2.24) is 19.9 Å². The standard InChI is InChI=1S/C29H36N4O/c1-18(24-13-14-26-28(19(24)2)30-31-32(26)3)22-11-9-21-10-12-23-16-27(34)33(29(23)25(21)15-22)17-20-7-5-4-6-8-20/h9,11,13-15,18,20,23,29H,4-8,10,12,16-17H2,1-3H3.